The topological polar surface area (TPSA) is 168 Å². The van der Waals surface area contributed by atoms with Gasteiger partial charge in [-0.05, 0) is 19.3 Å². The summed E-state index contributed by atoms with van der Waals surface area (Å²) < 4.78 is 29.5. The van der Waals surface area contributed by atoms with Crippen molar-refractivity contribution in [3.8, 4) is 0 Å². The summed E-state index contributed by atoms with van der Waals surface area (Å²) in [7, 11) is -3.78. The van der Waals surface area contributed by atoms with Crippen LogP contribution in [0.5, 0.6) is 0 Å². The van der Waals surface area contributed by atoms with Crippen LogP contribution in [0.4, 0.5) is 0 Å². The van der Waals surface area contributed by atoms with Gasteiger partial charge in [-0.15, -0.1) is 11.8 Å². The summed E-state index contributed by atoms with van der Waals surface area (Å²) in [4.78, 5) is 38.8. The Hall–Kier alpha value is -1.67. The number of β-lactam (4-membered cyclic amide) rings is 1. The lowest BCUT2D eigenvalue weighted by Crippen LogP contribution is -2.62. The van der Waals surface area contributed by atoms with Crippen molar-refractivity contribution < 1.29 is 32.6 Å². The van der Waals surface area contributed by atoms with E-state index in [0.717, 1.165) is 0 Å². The number of rotatable bonds is 10. The summed E-state index contributed by atoms with van der Waals surface area (Å²) in [5, 5.41) is 18.0. The van der Waals surface area contributed by atoms with Gasteiger partial charge in [0, 0.05) is 41.6 Å². The van der Waals surface area contributed by atoms with Gasteiger partial charge in [0.15, 0.2) is 0 Å². The monoisotopic (exact) mass is 490 g/mol. The highest BCUT2D eigenvalue weighted by molar-refractivity contribution is 8.03. The van der Waals surface area contributed by atoms with Crippen LogP contribution < -0.4 is 15.2 Å². The maximum Gasteiger partial charge on any atom is 0.353 e. The van der Waals surface area contributed by atoms with Gasteiger partial charge in [-0.2, -0.15) is 8.42 Å². The molecule has 0 aromatic carbocycles. The number of thioether (sulfide) groups is 1. The Morgan fingerprint density at radius 3 is 2.72 bits per heavy atom. The molecule has 3 heterocycles. The number of carbonyl (C=O) groups excluding carboxylic acids is 2. The molecule has 0 spiro atoms. The lowest BCUT2D eigenvalue weighted by molar-refractivity contribution is -0.161. The second kappa shape index (κ2) is 9.67. The highest BCUT2D eigenvalue weighted by Gasteiger charge is 2.60. The van der Waals surface area contributed by atoms with Crippen LogP contribution >= 0.6 is 11.8 Å². The van der Waals surface area contributed by atoms with Crippen LogP contribution in [0.25, 0.3) is 0 Å². The molecule has 2 fully saturated rings. The first-order valence-electron chi connectivity index (χ1n) is 10.6. The molecule has 2 saturated heterocycles. The number of hydrogen-bond acceptors (Lipinski definition) is 8. The van der Waals surface area contributed by atoms with Crippen LogP contribution in [0.1, 0.15) is 33.6 Å². The van der Waals surface area contributed by atoms with E-state index >= 15 is 0 Å². The maximum atomic E-state index is 12.9. The molecular weight excluding hydrogens is 460 g/mol. The van der Waals surface area contributed by atoms with Crippen molar-refractivity contribution in [2.75, 3.05) is 19.7 Å². The number of nitrogens with one attached hydrogen (secondary N) is 2. The Kier molecular flexibility index (Phi) is 7.55. The maximum absolute atomic E-state index is 12.9. The third-order valence-electron chi connectivity index (χ3n) is 6.20. The van der Waals surface area contributed by atoms with Gasteiger partial charge in [0.05, 0.1) is 18.6 Å². The first kappa shape index (κ1) is 25.0. The first-order chi connectivity index (χ1) is 14.9. The molecule has 1 amide bonds. The largest absolute Gasteiger partial charge is 0.477 e. The Bertz CT molecular complexity index is 923. The van der Waals surface area contributed by atoms with E-state index in [1.807, 2.05) is 13.8 Å². The molecule has 3 aliphatic heterocycles. The van der Waals surface area contributed by atoms with E-state index < -0.39 is 22.1 Å². The molecule has 0 bridgehead atoms. The summed E-state index contributed by atoms with van der Waals surface area (Å²) in [6, 6.07) is -0.415. The van der Waals surface area contributed by atoms with Crippen molar-refractivity contribution in [2.45, 2.75) is 50.9 Å². The second-order valence-corrected chi connectivity index (χ2v) is 11.2. The minimum absolute atomic E-state index is 0.0168. The van der Waals surface area contributed by atoms with Crippen molar-refractivity contribution in [1.29, 1.82) is 0 Å². The minimum atomic E-state index is -3.78. The normalized spacial score (nSPS) is 30.8. The summed E-state index contributed by atoms with van der Waals surface area (Å²) in [6.45, 7) is 6.44. The van der Waals surface area contributed by atoms with Crippen LogP contribution in [0.2, 0.25) is 0 Å². The van der Waals surface area contributed by atoms with Crippen LogP contribution in [-0.2, 0) is 29.3 Å². The molecule has 0 aromatic rings. The van der Waals surface area contributed by atoms with Gasteiger partial charge in [0.1, 0.15) is 5.70 Å². The fourth-order valence-electron chi connectivity index (χ4n) is 4.80. The number of carboxylic acid groups (broad SMARTS) is 1. The molecule has 0 unspecified atom stereocenters. The molecule has 13 heteroatoms. The Morgan fingerprint density at radius 1 is 1.44 bits per heavy atom. The summed E-state index contributed by atoms with van der Waals surface area (Å²) in [5.74, 6) is -2.66. The zero-order valence-corrected chi connectivity index (χ0v) is 19.9. The molecular formula is C19H30N4O7S2. The van der Waals surface area contributed by atoms with Crippen LogP contribution in [0, 0.1) is 17.8 Å². The smallest absolute Gasteiger partial charge is 0.353 e. The third-order valence-corrected chi connectivity index (χ3v) is 8.29. The molecule has 5 N–H and O–H groups in total. The van der Waals surface area contributed by atoms with Gasteiger partial charge in [-0.1, -0.05) is 13.8 Å². The highest BCUT2D eigenvalue weighted by Crippen LogP contribution is 2.53. The Morgan fingerprint density at radius 2 is 2.12 bits per heavy atom. The number of nitrogens with two attached hydrogens (primary N) is 1. The quantitative estimate of drug-likeness (QED) is 0.235. The molecule has 180 valence electrons. The van der Waals surface area contributed by atoms with Crippen molar-refractivity contribution >= 4 is 39.8 Å². The molecule has 11 nitrogen and oxygen atoms in total. The number of aliphatic carboxylic acids is 1. The predicted molar refractivity (Wildman–Crippen MR) is 117 cm³/mol. The number of carboxylic acids is 1. The molecule has 32 heavy (non-hydrogen) atoms. The summed E-state index contributed by atoms with van der Waals surface area (Å²) in [5.41, 5.74) is 0.0168. The molecule has 3 aliphatic rings. The van der Waals surface area contributed by atoms with Gasteiger partial charge in [-0.3, -0.25) is 9.59 Å². The molecule has 3 rings (SSSR count). The molecule has 6 atom stereocenters. The fourth-order valence-corrected chi connectivity index (χ4v) is 6.75. The lowest BCUT2D eigenvalue weighted by atomic mass is 9.74. The number of ether oxygens (including phenoxy) is 1. The van der Waals surface area contributed by atoms with Gasteiger partial charge >= 0.3 is 11.9 Å². The summed E-state index contributed by atoms with van der Waals surface area (Å²) in [6.07, 6.45) is 0.731. The van der Waals surface area contributed by atoms with E-state index in [-0.39, 0.29) is 66.3 Å². The zero-order chi connectivity index (χ0) is 23.8. The summed E-state index contributed by atoms with van der Waals surface area (Å²) >= 11 is 1.42. The number of carbonyl (C=O) groups is 3. The molecule has 0 aliphatic carbocycles. The standard InChI is InChI=1S/C19H30N4O7S2/c1-4-30-13(24)5-9(2)14-15-10(3)17(16(19(26)27)23(15)18(14)25)31-12-6-11(21-8-12)7-22-32(20,28)29/h9-12,14-15,21-22H,4-8H2,1-3H3,(H,26,27)(H2,20,28,29)/t9-,10+,11-,12-,14+,15+/m0/s1. The number of hydrogen-bond donors (Lipinski definition) is 4. The van der Waals surface area contributed by atoms with E-state index in [1.54, 1.807) is 6.92 Å². The van der Waals surface area contributed by atoms with E-state index in [2.05, 4.69) is 10.0 Å². The average Bonchev–Trinajstić information content (AvgIpc) is 3.22. The molecule has 0 aromatic heterocycles. The predicted octanol–water partition coefficient (Wildman–Crippen LogP) is -0.395. The third kappa shape index (κ3) is 5.11. The highest BCUT2D eigenvalue weighted by atomic mass is 32.2. The number of nitrogens with zero attached hydrogens (tertiary/aromatic N) is 1. The Labute approximate surface area is 191 Å². The van der Waals surface area contributed by atoms with Crippen LogP contribution in [0.3, 0.4) is 0 Å². The SMILES string of the molecule is CCOC(=O)C[C@H](C)[C@H]1C(=O)N2C(C(=O)O)=C(S[C@@H]3CN[C@H](CNS(N)(=O)=O)C3)[C@H](C)[C@H]12. The Balaban J connectivity index is 1.69. The van der Waals surface area contributed by atoms with Crippen LogP contribution in [0.15, 0.2) is 10.6 Å². The second-order valence-electron chi connectivity index (χ2n) is 8.49. The van der Waals surface area contributed by atoms with Crippen molar-refractivity contribution in [1.82, 2.24) is 14.9 Å². The van der Waals surface area contributed by atoms with Crippen LogP contribution in [-0.4, -0.2) is 73.3 Å². The zero-order valence-electron chi connectivity index (χ0n) is 18.2. The van der Waals surface area contributed by atoms with E-state index in [0.29, 0.717) is 17.9 Å². The van der Waals surface area contributed by atoms with Gasteiger partial charge < -0.3 is 20.1 Å². The van der Waals surface area contributed by atoms with Gasteiger partial charge in [-0.25, -0.2) is 14.7 Å². The first-order valence-corrected chi connectivity index (χ1v) is 13.0. The number of amides is 1. The van der Waals surface area contributed by atoms with Crippen molar-refractivity contribution in [3.63, 3.8) is 0 Å². The van der Waals surface area contributed by atoms with Gasteiger partial charge in [0.2, 0.25) is 5.91 Å². The number of esters is 1. The fraction of sp³-hybridized carbons (Fsp3) is 0.737. The minimum Gasteiger partial charge on any atom is -0.477 e. The molecule has 0 saturated carbocycles. The van der Waals surface area contributed by atoms with Crippen molar-refractivity contribution in [2.24, 2.45) is 22.9 Å². The van der Waals surface area contributed by atoms with Crippen molar-refractivity contribution in [3.05, 3.63) is 10.6 Å². The lowest BCUT2D eigenvalue weighted by Gasteiger charge is -2.47. The van der Waals surface area contributed by atoms with Gasteiger partial charge in [0.25, 0.3) is 10.2 Å². The average molecular weight is 491 g/mol. The number of fused-ring (bicyclic) bond motifs is 1. The van der Waals surface area contributed by atoms with E-state index in [4.69, 9.17) is 9.88 Å². The molecule has 0 radical (unpaired) electrons. The van der Waals surface area contributed by atoms with E-state index in [1.165, 1.54) is 16.7 Å². The van der Waals surface area contributed by atoms with E-state index in [9.17, 15) is 27.9 Å².